The molecule has 1 saturated heterocycles. The molecule has 2 fully saturated rings. The molecule has 162 valence electrons. The fourth-order valence-corrected chi connectivity index (χ4v) is 4.67. The molecule has 7 nitrogen and oxygen atoms in total. The van der Waals surface area contributed by atoms with Gasteiger partial charge < -0.3 is 19.3 Å². The standard InChI is InChI=1S/C22H29IN4O3/c1-22(2,3)30-21(28)27(14-5-6-14)15-9-11-26(12-10-15)18-8-7-17(23)19-16(18)13-24-20(25-19)29-4/h7-8,13-15H,5-6,9-12H2,1-4H3. The SMILES string of the molecule is COc1ncc2c(N3CCC(N(C(=O)OC(C)(C)C)C4CC4)CC3)ccc(I)c2n1. The molecule has 0 N–H and O–H groups in total. The molecular weight excluding hydrogens is 495 g/mol. The van der Waals surface area contributed by atoms with Gasteiger partial charge in [-0.25, -0.2) is 9.78 Å². The Balaban J connectivity index is 1.50. The summed E-state index contributed by atoms with van der Waals surface area (Å²) in [5.41, 5.74) is 1.59. The van der Waals surface area contributed by atoms with Crippen molar-refractivity contribution in [2.45, 2.75) is 64.1 Å². The van der Waals surface area contributed by atoms with Gasteiger partial charge in [0.15, 0.2) is 0 Å². The lowest BCUT2D eigenvalue weighted by Crippen LogP contribution is -2.50. The van der Waals surface area contributed by atoms with Gasteiger partial charge in [-0.15, -0.1) is 0 Å². The van der Waals surface area contributed by atoms with Crippen LogP contribution in [0.1, 0.15) is 46.5 Å². The lowest BCUT2D eigenvalue weighted by molar-refractivity contribution is 0.0114. The maximum atomic E-state index is 12.8. The molecule has 1 aliphatic heterocycles. The zero-order valence-electron chi connectivity index (χ0n) is 18.0. The lowest BCUT2D eigenvalue weighted by atomic mass is 10.0. The van der Waals surface area contributed by atoms with Crippen LogP contribution in [0.4, 0.5) is 10.5 Å². The van der Waals surface area contributed by atoms with Gasteiger partial charge >= 0.3 is 12.1 Å². The molecule has 1 aromatic carbocycles. The Labute approximate surface area is 191 Å². The molecule has 2 heterocycles. The highest BCUT2D eigenvalue weighted by Crippen LogP contribution is 2.36. The Hall–Kier alpha value is -1.84. The van der Waals surface area contributed by atoms with E-state index in [1.165, 1.54) is 0 Å². The summed E-state index contributed by atoms with van der Waals surface area (Å²) in [6.45, 7) is 7.56. The number of hydrogen-bond acceptors (Lipinski definition) is 6. The van der Waals surface area contributed by atoms with E-state index in [0.29, 0.717) is 12.1 Å². The highest BCUT2D eigenvalue weighted by atomic mass is 127. The Kier molecular flexibility index (Phi) is 5.96. The van der Waals surface area contributed by atoms with E-state index in [1.807, 2.05) is 31.9 Å². The van der Waals surface area contributed by atoms with Crippen molar-refractivity contribution in [3.05, 3.63) is 21.9 Å². The number of piperidine rings is 1. The third-order valence-corrected chi connectivity index (χ3v) is 6.45. The quantitative estimate of drug-likeness (QED) is 0.545. The average molecular weight is 524 g/mol. The van der Waals surface area contributed by atoms with Crippen LogP contribution in [-0.4, -0.2) is 58.8 Å². The van der Waals surface area contributed by atoms with E-state index in [9.17, 15) is 4.79 Å². The zero-order valence-corrected chi connectivity index (χ0v) is 20.2. The largest absolute Gasteiger partial charge is 0.467 e. The molecule has 4 rings (SSSR count). The van der Waals surface area contributed by atoms with Crippen molar-refractivity contribution in [3.63, 3.8) is 0 Å². The Morgan fingerprint density at radius 1 is 1.17 bits per heavy atom. The summed E-state index contributed by atoms with van der Waals surface area (Å²) in [5, 5.41) is 1.03. The summed E-state index contributed by atoms with van der Waals surface area (Å²) in [4.78, 5) is 26.1. The number of hydrogen-bond donors (Lipinski definition) is 0. The van der Waals surface area contributed by atoms with E-state index in [2.05, 4.69) is 49.6 Å². The molecule has 0 bridgehead atoms. The van der Waals surface area contributed by atoms with Gasteiger partial charge in [-0.3, -0.25) is 0 Å². The number of halogens is 1. The van der Waals surface area contributed by atoms with Crippen LogP contribution in [0.3, 0.4) is 0 Å². The van der Waals surface area contributed by atoms with E-state index >= 15 is 0 Å². The number of aromatic nitrogens is 2. The summed E-state index contributed by atoms with van der Waals surface area (Å²) in [6, 6.07) is 5.20. The minimum absolute atomic E-state index is 0.163. The van der Waals surface area contributed by atoms with Crippen molar-refractivity contribution >= 4 is 45.3 Å². The summed E-state index contributed by atoms with van der Waals surface area (Å²) in [7, 11) is 1.58. The fourth-order valence-electron chi connectivity index (χ4n) is 4.08. The number of carbonyl (C=O) groups excluding carboxylic acids is 1. The molecule has 2 aromatic rings. The van der Waals surface area contributed by atoms with Crippen LogP contribution in [0.15, 0.2) is 18.3 Å². The molecule has 0 radical (unpaired) electrons. The van der Waals surface area contributed by atoms with Crippen molar-refractivity contribution in [1.82, 2.24) is 14.9 Å². The van der Waals surface area contributed by atoms with Crippen molar-refractivity contribution in [2.24, 2.45) is 0 Å². The Morgan fingerprint density at radius 3 is 2.43 bits per heavy atom. The number of carbonyl (C=O) groups is 1. The predicted molar refractivity (Wildman–Crippen MR) is 125 cm³/mol. The van der Waals surface area contributed by atoms with Crippen LogP contribution < -0.4 is 9.64 Å². The molecule has 1 aliphatic carbocycles. The topological polar surface area (TPSA) is 67.8 Å². The van der Waals surface area contributed by atoms with Crippen LogP contribution >= 0.6 is 22.6 Å². The van der Waals surface area contributed by atoms with Crippen LogP contribution in [0.5, 0.6) is 6.01 Å². The monoisotopic (exact) mass is 524 g/mol. The highest BCUT2D eigenvalue weighted by molar-refractivity contribution is 14.1. The van der Waals surface area contributed by atoms with E-state index in [1.54, 1.807) is 7.11 Å². The minimum atomic E-state index is -0.466. The molecule has 1 aromatic heterocycles. The first-order chi connectivity index (χ1) is 14.3. The zero-order chi connectivity index (χ0) is 21.5. The van der Waals surface area contributed by atoms with E-state index < -0.39 is 5.60 Å². The van der Waals surface area contributed by atoms with E-state index in [4.69, 9.17) is 9.47 Å². The second kappa shape index (κ2) is 8.36. The maximum absolute atomic E-state index is 12.8. The van der Waals surface area contributed by atoms with E-state index in [-0.39, 0.29) is 12.1 Å². The summed E-state index contributed by atoms with van der Waals surface area (Å²) >= 11 is 2.30. The number of ether oxygens (including phenoxy) is 2. The number of rotatable bonds is 4. The van der Waals surface area contributed by atoms with Crippen LogP contribution in [0, 0.1) is 3.57 Å². The molecule has 1 amide bonds. The molecule has 1 saturated carbocycles. The van der Waals surface area contributed by atoms with Crippen LogP contribution in [0.25, 0.3) is 10.9 Å². The van der Waals surface area contributed by atoms with Crippen molar-refractivity contribution in [1.29, 1.82) is 0 Å². The second-order valence-corrected chi connectivity index (χ2v) is 10.2. The van der Waals surface area contributed by atoms with Crippen molar-refractivity contribution in [3.8, 4) is 6.01 Å². The number of anilines is 1. The molecule has 0 spiro atoms. The smallest absolute Gasteiger partial charge is 0.410 e. The van der Waals surface area contributed by atoms with Crippen LogP contribution in [0.2, 0.25) is 0 Å². The number of amides is 1. The van der Waals surface area contributed by atoms with Gasteiger partial charge in [0, 0.05) is 46.0 Å². The molecule has 0 unspecified atom stereocenters. The van der Waals surface area contributed by atoms with Gasteiger partial charge in [-0.2, -0.15) is 4.98 Å². The predicted octanol–water partition coefficient (Wildman–Crippen LogP) is 4.61. The van der Waals surface area contributed by atoms with Gasteiger partial charge in [-0.05, 0) is 81.2 Å². The third-order valence-electron chi connectivity index (χ3n) is 5.58. The van der Waals surface area contributed by atoms with Crippen molar-refractivity contribution < 1.29 is 14.3 Å². The lowest BCUT2D eigenvalue weighted by Gasteiger charge is -2.40. The molecule has 2 aliphatic rings. The summed E-state index contributed by atoms with van der Waals surface area (Å²) in [5.74, 6) is 0. The highest BCUT2D eigenvalue weighted by Gasteiger charge is 2.40. The Morgan fingerprint density at radius 2 is 1.83 bits per heavy atom. The third kappa shape index (κ3) is 4.58. The molecule has 8 heteroatoms. The van der Waals surface area contributed by atoms with Gasteiger partial charge in [0.05, 0.1) is 12.6 Å². The number of benzene rings is 1. The summed E-state index contributed by atoms with van der Waals surface area (Å²) < 4.78 is 12.0. The van der Waals surface area contributed by atoms with E-state index in [0.717, 1.165) is 58.9 Å². The van der Waals surface area contributed by atoms with Crippen LogP contribution in [-0.2, 0) is 4.74 Å². The van der Waals surface area contributed by atoms with Crippen molar-refractivity contribution in [2.75, 3.05) is 25.1 Å². The summed E-state index contributed by atoms with van der Waals surface area (Å²) in [6.07, 6.45) is 5.71. The maximum Gasteiger partial charge on any atom is 0.410 e. The number of fused-ring (bicyclic) bond motifs is 1. The van der Waals surface area contributed by atoms with Gasteiger partial charge in [0.1, 0.15) is 5.60 Å². The molecule has 30 heavy (non-hydrogen) atoms. The average Bonchev–Trinajstić information content (AvgIpc) is 3.53. The Bertz CT molecular complexity index is 934. The second-order valence-electron chi connectivity index (χ2n) is 9.02. The van der Waals surface area contributed by atoms with Gasteiger partial charge in [0.25, 0.3) is 0 Å². The fraction of sp³-hybridized carbons (Fsp3) is 0.591. The van der Waals surface area contributed by atoms with Gasteiger partial charge in [0.2, 0.25) is 0 Å². The molecular formula is C22H29IN4O3. The minimum Gasteiger partial charge on any atom is -0.467 e. The van der Waals surface area contributed by atoms with Gasteiger partial charge in [-0.1, -0.05) is 0 Å². The normalized spacial score (nSPS) is 17.8. The first kappa shape index (κ1) is 21.4. The first-order valence-electron chi connectivity index (χ1n) is 10.5. The number of methoxy groups -OCH3 is 1. The first-order valence-corrected chi connectivity index (χ1v) is 11.6. The molecule has 0 atom stereocenters. The number of nitrogens with zero attached hydrogens (tertiary/aromatic N) is 4.